The SMILES string of the molecule is CONC(=O)c1cn(C2CCCCC2)c2nc(N(C)CCN3CCOCC3)ncc2c1=O. The summed E-state index contributed by atoms with van der Waals surface area (Å²) in [6.45, 7) is 5.06. The first kappa shape index (κ1) is 22.6. The van der Waals surface area contributed by atoms with Gasteiger partial charge in [0.1, 0.15) is 11.2 Å². The molecule has 0 radical (unpaired) electrons. The number of fused-ring (bicyclic) bond motifs is 1. The van der Waals surface area contributed by atoms with Gasteiger partial charge in [-0.15, -0.1) is 0 Å². The number of nitrogens with zero attached hydrogens (tertiary/aromatic N) is 5. The molecule has 0 aromatic carbocycles. The van der Waals surface area contributed by atoms with Crippen molar-refractivity contribution in [2.24, 2.45) is 0 Å². The Bertz CT molecular complexity index is 998. The molecule has 2 fully saturated rings. The fourth-order valence-corrected chi connectivity index (χ4v) is 4.47. The molecule has 1 saturated carbocycles. The molecule has 174 valence electrons. The van der Waals surface area contributed by atoms with Gasteiger partial charge in [-0.3, -0.25) is 19.3 Å². The summed E-state index contributed by atoms with van der Waals surface area (Å²) < 4.78 is 7.42. The largest absolute Gasteiger partial charge is 0.379 e. The normalized spacial score (nSPS) is 18.1. The molecule has 1 N–H and O–H groups in total. The predicted molar refractivity (Wildman–Crippen MR) is 121 cm³/mol. The van der Waals surface area contributed by atoms with Crippen LogP contribution in [-0.2, 0) is 9.57 Å². The lowest BCUT2D eigenvalue weighted by Gasteiger charge is -2.29. The van der Waals surface area contributed by atoms with E-state index in [2.05, 4.69) is 15.4 Å². The van der Waals surface area contributed by atoms with E-state index in [-0.39, 0.29) is 17.0 Å². The van der Waals surface area contributed by atoms with Crippen LogP contribution in [0.2, 0.25) is 0 Å². The zero-order valence-corrected chi connectivity index (χ0v) is 18.9. The van der Waals surface area contributed by atoms with Crippen molar-refractivity contribution in [3.8, 4) is 0 Å². The van der Waals surface area contributed by atoms with Crippen molar-refractivity contribution in [1.29, 1.82) is 0 Å². The number of carbonyl (C=O) groups is 1. The fourth-order valence-electron chi connectivity index (χ4n) is 4.47. The number of ether oxygens (including phenoxy) is 1. The molecule has 0 bridgehead atoms. The number of likely N-dealkylation sites (N-methyl/N-ethyl adjacent to an activating group) is 1. The second kappa shape index (κ2) is 10.4. The third-order valence-corrected chi connectivity index (χ3v) is 6.36. The second-order valence-electron chi connectivity index (χ2n) is 8.49. The Morgan fingerprint density at radius 2 is 2.03 bits per heavy atom. The molecule has 1 aliphatic heterocycles. The molecule has 2 aromatic heterocycles. The molecule has 4 rings (SSSR count). The second-order valence-corrected chi connectivity index (χ2v) is 8.49. The Labute approximate surface area is 187 Å². The number of rotatable bonds is 7. The van der Waals surface area contributed by atoms with E-state index in [1.54, 1.807) is 12.4 Å². The smallest absolute Gasteiger partial charge is 0.280 e. The van der Waals surface area contributed by atoms with Gasteiger partial charge in [0, 0.05) is 51.7 Å². The van der Waals surface area contributed by atoms with Crippen molar-refractivity contribution in [3.05, 3.63) is 28.2 Å². The summed E-state index contributed by atoms with van der Waals surface area (Å²) in [5.74, 6) is 0.0134. The number of hydrogen-bond donors (Lipinski definition) is 1. The minimum atomic E-state index is -0.560. The van der Waals surface area contributed by atoms with Crippen LogP contribution in [0.15, 0.2) is 17.2 Å². The van der Waals surface area contributed by atoms with Crippen molar-refractivity contribution >= 4 is 22.9 Å². The first-order chi connectivity index (χ1) is 15.6. The van der Waals surface area contributed by atoms with E-state index in [0.29, 0.717) is 17.0 Å². The van der Waals surface area contributed by atoms with Crippen LogP contribution in [0.25, 0.3) is 11.0 Å². The predicted octanol–water partition coefficient (Wildman–Crippen LogP) is 1.36. The molecule has 2 aromatic rings. The van der Waals surface area contributed by atoms with E-state index in [1.165, 1.54) is 13.5 Å². The fraction of sp³-hybridized carbons (Fsp3) is 0.636. The molecule has 10 nitrogen and oxygen atoms in total. The summed E-state index contributed by atoms with van der Waals surface area (Å²) in [4.78, 5) is 43.9. The first-order valence-electron chi connectivity index (χ1n) is 11.3. The quantitative estimate of drug-likeness (QED) is 0.639. The van der Waals surface area contributed by atoms with Crippen LogP contribution in [0.1, 0.15) is 48.5 Å². The van der Waals surface area contributed by atoms with Crippen LogP contribution in [0.5, 0.6) is 0 Å². The molecule has 1 aliphatic carbocycles. The average molecular weight is 445 g/mol. The van der Waals surface area contributed by atoms with Gasteiger partial charge in [-0.25, -0.2) is 10.5 Å². The van der Waals surface area contributed by atoms with Gasteiger partial charge in [-0.2, -0.15) is 4.98 Å². The number of hydrogen-bond acceptors (Lipinski definition) is 8. The molecule has 0 unspecified atom stereocenters. The van der Waals surface area contributed by atoms with E-state index in [1.807, 2.05) is 16.5 Å². The van der Waals surface area contributed by atoms with Crippen LogP contribution in [-0.4, -0.2) is 78.9 Å². The molecule has 3 heterocycles. The van der Waals surface area contributed by atoms with Gasteiger partial charge in [-0.1, -0.05) is 19.3 Å². The van der Waals surface area contributed by atoms with Gasteiger partial charge < -0.3 is 14.2 Å². The highest BCUT2D eigenvalue weighted by atomic mass is 16.6. The Hall–Kier alpha value is -2.56. The number of nitrogens with one attached hydrogen (secondary N) is 1. The highest BCUT2D eigenvalue weighted by Gasteiger charge is 2.23. The Kier molecular flexibility index (Phi) is 7.33. The highest BCUT2D eigenvalue weighted by molar-refractivity contribution is 5.96. The monoisotopic (exact) mass is 444 g/mol. The molecule has 0 spiro atoms. The highest BCUT2D eigenvalue weighted by Crippen LogP contribution is 2.30. The summed E-state index contributed by atoms with van der Waals surface area (Å²) in [5, 5.41) is 0.352. The molecule has 0 atom stereocenters. The van der Waals surface area contributed by atoms with Gasteiger partial charge in [0.25, 0.3) is 5.91 Å². The van der Waals surface area contributed by atoms with E-state index in [0.717, 1.165) is 65.1 Å². The Morgan fingerprint density at radius 3 is 2.75 bits per heavy atom. The van der Waals surface area contributed by atoms with Crippen molar-refractivity contribution < 1.29 is 14.4 Å². The number of amides is 1. The van der Waals surface area contributed by atoms with Crippen LogP contribution in [0, 0.1) is 0 Å². The van der Waals surface area contributed by atoms with E-state index in [4.69, 9.17) is 14.6 Å². The number of anilines is 1. The summed E-state index contributed by atoms with van der Waals surface area (Å²) in [6.07, 6.45) is 8.62. The molecular formula is C22H32N6O4. The van der Waals surface area contributed by atoms with Crippen molar-refractivity contribution in [2.45, 2.75) is 38.1 Å². The van der Waals surface area contributed by atoms with Gasteiger partial charge in [0.15, 0.2) is 0 Å². The molecule has 1 saturated heterocycles. The van der Waals surface area contributed by atoms with Crippen LogP contribution in [0.3, 0.4) is 0 Å². The number of carbonyl (C=O) groups excluding carboxylic acids is 1. The lowest BCUT2D eigenvalue weighted by atomic mass is 9.95. The maximum Gasteiger partial charge on any atom is 0.280 e. The minimum Gasteiger partial charge on any atom is -0.379 e. The van der Waals surface area contributed by atoms with Crippen LogP contribution >= 0.6 is 0 Å². The van der Waals surface area contributed by atoms with Crippen molar-refractivity contribution in [1.82, 2.24) is 24.9 Å². The van der Waals surface area contributed by atoms with E-state index in [9.17, 15) is 9.59 Å². The lowest BCUT2D eigenvalue weighted by molar-refractivity contribution is 0.0392. The van der Waals surface area contributed by atoms with Gasteiger partial charge in [0.05, 0.1) is 25.7 Å². The van der Waals surface area contributed by atoms with Crippen LogP contribution in [0.4, 0.5) is 5.95 Å². The van der Waals surface area contributed by atoms with Gasteiger partial charge in [0.2, 0.25) is 11.4 Å². The molecular weight excluding hydrogens is 412 g/mol. The number of hydroxylamine groups is 1. The molecule has 10 heteroatoms. The first-order valence-corrected chi connectivity index (χ1v) is 11.3. The summed E-state index contributed by atoms with van der Waals surface area (Å²) in [5.41, 5.74) is 2.50. The van der Waals surface area contributed by atoms with Crippen LogP contribution < -0.4 is 15.8 Å². The summed E-state index contributed by atoms with van der Waals surface area (Å²) >= 11 is 0. The third-order valence-electron chi connectivity index (χ3n) is 6.36. The third kappa shape index (κ3) is 4.92. The average Bonchev–Trinajstić information content (AvgIpc) is 2.84. The van der Waals surface area contributed by atoms with E-state index >= 15 is 0 Å². The van der Waals surface area contributed by atoms with Gasteiger partial charge >= 0.3 is 0 Å². The number of morpholine rings is 1. The Morgan fingerprint density at radius 1 is 1.28 bits per heavy atom. The zero-order chi connectivity index (χ0) is 22.5. The molecule has 32 heavy (non-hydrogen) atoms. The zero-order valence-electron chi connectivity index (χ0n) is 18.9. The van der Waals surface area contributed by atoms with Crippen molar-refractivity contribution in [3.63, 3.8) is 0 Å². The number of pyridine rings is 1. The lowest BCUT2D eigenvalue weighted by Crippen LogP contribution is -2.41. The maximum atomic E-state index is 13.1. The maximum absolute atomic E-state index is 13.1. The van der Waals surface area contributed by atoms with E-state index < -0.39 is 5.91 Å². The topological polar surface area (TPSA) is 102 Å². The van der Waals surface area contributed by atoms with Gasteiger partial charge in [-0.05, 0) is 12.8 Å². The molecule has 1 amide bonds. The molecule has 2 aliphatic rings. The Balaban J connectivity index is 1.67. The number of aromatic nitrogens is 3. The standard InChI is InChI=1S/C22H32N6O4/c1-26(8-9-27-10-12-32-13-11-27)22-23-14-17-19(29)18(21(30)25-31-2)15-28(20(17)24-22)16-6-4-3-5-7-16/h14-16H,3-13H2,1-2H3,(H,25,30). The summed E-state index contributed by atoms with van der Waals surface area (Å²) in [7, 11) is 3.31. The van der Waals surface area contributed by atoms with Crippen molar-refractivity contribution in [2.75, 3.05) is 58.5 Å². The minimum absolute atomic E-state index is 0.0435. The summed E-state index contributed by atoms with van der Waals surface area (Å²) in [6, 6.07) is 0.197.